The molecule has 0 aromatic heterocycles. The van der Waals surface area contributed by atoms with Gasteiger partial charge in [0, 0.05) is 0 Å². The van der Waals surface area contributed by atoms with Crippen molar-refractivity contribution < 1.29 is 14.3 Å². The number of carbonyl (C=O) groups is 2. The molecule has 0 spiro atoms. The molecule has 0 N–H and O–H groups in total. The molecule has 7 heteroatoms. The second-order valence-corrected chi connectivity index (χ2v) is 10.7. The summed E-state index contributed by atoms with van der Waals surface area (Å²) in [5.74, 6) is 0.565. The maximum atomic E-state index is 12.9. The highest BCUT2D eigenvalue weighted by Gasteiger charge is 2.35. The molecule has 0 aliphatic carbocycles. The van der Waals surface area contributed by atoms with Crippen LogP contribution in [-0.4, -0.2) is 16.0 Å². The molecule has 162 valence electrons. The Morgan fingerprint density at radius 1 is 0.938 bits per heavy atom. The van der Waals surface area contributed by atoms with Crippen molar-refractivity contribution in [1.82, 2.24) is 4.90 Å². The molecule has 3 aromatic rings. The van der Waals surface area contributed by atoms with Crippen LogP contribution >= 0.6 is 56.9 Å². The molecule has 0 saturated carbocycles. The zero-order valence-electron chi connectivity index (χ0n) is 17.2. The number of amides is 2. The molecule has 1 aliphatic rings. The van der Waals surface area contributed by atoms with Crippen LogP contribution in [0.1, 0.15) is 22.3 Å². The van der Waals surface area contributed by atoms with Crippen LogP contribution in [0, 0.1) is 14.1 Å². The molecule has 1 fully saturated rings. The van der Waals surface area contributed by atoms with Gasteiger partial charge in [-0.25, -0.2) is 0 Å². The Kier molecular flexibility index (Phi) is 7.57. The molecular formula is C25H19I2NO3S. The van der Waals surface area contributed by atoms with Crippen molar-refractivity contribution in [1.29, 1.82) is 0 Å². The number of halogens is 2. The predicted octanol–water partition coefficient (Wildman–Crippen LogP) is 7.02. The van der Waals surface area contributed by atoms with Gasteiger partial charge in [0.15, 0.2) is 0 Å². The molecular weight excluding hydrogens is 648 g/mol. The minimum atomic E-state index is -0.254. The number of hydrogen-bond donors (Lipinski definition) is 0. The van der Waals surface area contributed by atoms with E-state index >= 15 is 0 Å². The van der Waals surface area contributed by atoms with Gasteiger partial charge < -0.3 is 4.74 Å². The fourth-order valence-corrected chi connectivity index (χ4v) is 6.28. The van der Waals surface area contributed by atoms with Crippen molar-refractivity contribution >= 4 is 74.2 Å². The molecule has 1 heterocycles. The normalized spacial score (nSPS) is 15.0. The number of thioether (sulfide) groups is 1. The Morgan fingerprint density at radius 3 is 2.31 bits per heavy atom. The average molecular weight is 667 g/mol. The van der Waals surface area contributed by atoms with Crippen molar-refractivity contribution in [3.05, 3.63) is 101 Å². The van der Waals surface area contributed by atoms with E-state index in [-0.39, 0.29) is 17.7 Å². The second kappa shape index (κ2) is 10.4. The molecule has 0 bridgehead atoms. The number of aryl methyl sites for hydroxylation is 1. The Hall–Kier alpha value is -1.85. The summed E-state index contributed by atoms with van der Waals surface area (Å²) in [5.41, 5.74) is 4.01. The number of nitrogens with zero attached hydrogens (tertiary/aromatic N) is 1. The lowest BCUT2D eigenvalue weighted by Gasteiger charge is -2.13. The molecule has 0 unspecified atom stereocenters. The molecule has 32 heavy (non-hydrogen) atoms. The molecule has 4 nitrogen and oxygen atoms in total. The summed E-state index contributed by atoms with van der Waals surface area (Å²) in [7, 11) is 0. The molecule has 2 amide bonds. The Labute approximate surface area is 218 Å². The van der Waals surface area contributed by atoms with Crippen LogP contribution in [0.25, 0.3) is 6.08 Å². The van der Waals surface area contributed by atoms with Crippen molar-refractivity contribution in [3.63, 3.8) is 0 Å². The number of ether oxygens (including phenoxy) is 1. The van der Waals surface area contributed by atoms with E-state index in [0.29, 0.717) is 11.5 Å². The summed E-state index contributed by atoms with van der Waals surface area (Å²) in [5, 5.41) is -0.241. The summed E-state index contributed by atoms with van der Waals surface area (Å²) in [6.45, 7) is 2.77. The van der Waals surface area contributed by atoms with E-state index in [2.05, 4.69) is 45.2 Å². The maximum Gasteiger partial charge on any atom is 0.293 e. The minimum Gasteiger partial charge on any atom is -0.487 e. The summed E-state index contributed by atoms with van der Waals surface area (Å²) < 4.78 is 7.95. The topological polar surface area (TPSA) is 46.6 Å². The Balaban J connectivity index is 1.50. The first-order valence-corrected chi connectivity index (χ1v) is 12.8. The predicted molar refractivity (Wildman–Crippen MR) is 145 cm³/mol. The molecule has 1 saturated heterocycles. The lowest BCUT2D eigenvalue weighted by atomic mass is 10.1. The van der Waals surface area contributed by atoms with E-state index in [9.17, 15) is 9.59 Å². The quantitative estimate of drug-likeness (QED) is 0.210. The summed E-state index contributed by atoms with van der Waals surface area (Å²) in [4.78, 5) is 27.1. The van der Waals surface area contributed by atoms with Crippen LogP contribution < -0.4 is 4.74 Å². The Bertz CT molecular complexity index is 1190. The van der Waals surface area contributed by atoms with Gasteiger partial charge in [-0.1, -0.05) is 60.2 Å². The van der Waals surface area contributed by atoms with E-state index in [0.717, 1.165) is 46.9 Å². The lowest BCUT2D eigenvalue weighted by molar-refractivity contribution is -0.123. The average Bonchev–Trinajstić information content (AvgIpc) is 3.01. The zero-order valence-corrected chi connectivity index (χ0v) is 22.3. The molecule has 3 aromatic carbocycles. The van der Waals surface area contributed by atoms with Crippen LogP contribution in [0.2, 0.25) is 0 Å². The minimum absolute atomic E-state index is 0.241. The van der Waals surface area contributed by atoms with E-state index in [4.69, 9.17) is 4.74 Å². The van der Waals surface area contributed by atoms with Crippen molar-refractivity contribution in [2.45, 2.75) is 20.1 Å². The first kappa shape index (κ1) is 23.3. The smallest absolute Gasteiger partial charge is 0.293 e. The SMILES string of the molecule is Cc1cccc(CN2C(=O)S/C(=C/c3cc(I)c(OCc4ccccc4)c(I)c3)C2=O)c1. The van der Waals surface area contributed by atoms with Gasteiger partial charge in [-0.3, -0.25) is 14.5 Å². The van der Waals surface area contributed by atoms with Crippen LogP contribution in [0.4, 0.5) is 4.79 Å². The number of imide groups is 1. The van der Waals surface area contributed by atoms with Crippen molar-refractivity contribution in [2.75, 3.05) is 0 Å². The number of benzene rings is 3. The first-order chi connectivity index (χ1) is 15.4. The standard InChI is InChI=1S/C25H19I2NO3S/c1-16-6-5-9-18(10-16)14-28-24(29)22(32-25(28)30)13-19-11-20(26)23(21(27)12-19)31-15-17-7-3-2-4-8-17/h2-13H,14-15H2,1H3/b22-13+. The zero-order chi connectivity index (χ0) is 22.7. The highest BCUT2D eigenvalue weighted by Crippen LogP contribution is 2.35. The largest absolute Gasteiger partial charge is 0.487 e. The highest BCUT2D eigenvalue weighted by molar-refractivity contribution is 14.1. The molecule has 0 radical (unpaired) electrons. The fraction of sp³-hybridized carbons (Fsp3) is 0.120. The molecule has 4 rings (SSSR count). The van der Waals surface area contributed by atoms with E-state index in [1.54, 1.807) is 6.08 Å². The first-order valence-electron chi connectivity index (χ1n) is 9.87. The third kappa shape index (κ3) is 5.55. The van der Waals surface area contributed by atoms with Crippen LogP contribution in [0.5, 0.6) is 5.75 Å². The van der Waals surface area contributed by atoms with Crippen molar-refractivity contribution in [2.24, 2.45) is 0 Å². The van der Waals surface area contributed by atoms with Crippen LogP contribution in [0.3, 0.4) is 0 Å². The summed E-state index contributed by atoms with van der Waals surface area (Å²) in [6, 6.07) is 21.8. The number of rotatable bonds is 6. The van der Waals surface area contributed by atoms with Crippen LogP contribution in [0.15, 0.2) is 71.6 Å². The van der Waals surface area contributed by atoms with Gasteiger partial charge in [-0.15, -0.1) is 0 Å². The van der Waals surface area contributed by atoms with E-state index < -0.39 is 0 Å². The maximum absolute atomic E-state index is 12.9. The van der Waals surface area contributed by atoms with E-state index in [1.165, 1.54) is 4.90 Å². The number of carbonyl (C=O) groups excluding carboxylic acids is 2. The third-order valence-electron chi connectivity index (χ3n) is 4.84. The van der Waals surface area contributed by atoms with Gasteiger partial charge >= 0.3 is 0 Å². The third-order valence-corrected chi connectivity index (χ3v) is 7.35. The monoisotopic (exact) mass is 667 g/mol. The van der Waals surface area contributed by atoms with Gasteiger partial charge in [0.25, 0.3) is 11.1 Å². The molecule has 1 aliphatic heterocycles. The van der Waals surface area contributed by atoms with E-state index in [1.807, 2.05) is 73.7 Å². The second-order valence-electron chi connectivity index (χ2n) is 7.34. The summed E-state index contributed by atoms with van der Waals surface area (Å²) >= 11 is 5.47. The van der Waals surface area contributed by atoms with Gasteiger partial charge in [-0.05, 0) is 98.8 Å². The lowest BCUT2D eigenvalue weighted by Crippen LogP contribution is -2.27. The van der Waals surface area contributed by atoms with Crippen molar-refractivity contribution in [3.8, 4) is 5.75 Å². The molecule has 0 atom stereocenters. The van der Waals surface area contributed by atoms with Gasteiger partial charge in [-0.2, -0.15) is 0 Å². The fourth-order valence-electron chi connectivity index (χ4n) is 3.31. The van der Waals surface area contributed by atoms with Gasteiger partial charge in [0.05, 0.1) is 18.6 Å². The van der Waals surface area contributed by atoms with Gasteiger partial charge in [0.1, 0.15) is 12.4 Å². The Morgan fingerprint density at radius 2 is 1.62 bits per heavy atom. The van der Waals surface area contributed by atoms with Gasteiger partial charge in [0.2, 0.25) is 0 Å². The number of hydrogen-bond acceptors (Lipinski definition) is 4. The highest BCUT2D eigenvalue weighted by atomic mass is 127. The summed E-state index contributed by atoms with van der Waals surface area (Å²) in [6.07, 6.45) is 1.78. The van der Waals surface area contributed by atoms with Crippen LogP contribution in [-0.2, 0) is 17.9 Å².